The monoisotopic (exact) mass is 739 g/mol. The zero-order chi connectivity index (χ0) is 38.4. The second-order valence-corrected chi connectivity index (χ2v) is 14.8. The molecule has 0 aliphatic rings. The van der Waals surface area contributed by atoms with E-state index in [1.54, 1.807) is 0 Å². The fourth-order valence-corrected chi connectivity index (χ4v) is 8.80. The Bertz CT molecular complexity index is 3270. The molecule has 272 valence electrons. The summed E-state index contributed by atoms with van der Waals surface area (Å²) in [6, 6.07) is 80.7. The van der Waals surface area contributed by atoms with E-state index in [1.807, 2.05) is 12.1 Å². The summed E-state index contributed by atoms with van der Waals surface area (Å²) < 4.78 is 6.55. The first kappa shape index (κ1) is 33.6. The number of nitrogens with zero attached hydrogens (tertiary/aromatic N) is 1. The molecule has 2 heteroatoms. The summed E-state index contributed by atoms with van der Waals surface area (Å²) in [6.07, 6.45) is 0. The Morgan fingerprint density at radius 1 is 0.310 bits per heavy atom. The molecule has 1 aromatic heterocycles. The molecule has 0 aliphatic heterocycles. The molecule has 10 aromatic carbocycles. The van der Waals surface area contributed by atoms with Crippen molar-refractivity contribution in [1.29, 1.82) is 0 Å². The average Bonchev–Trinajstić information content (AvgIpc) is 3.68. The number of furan rings is 1. The number of hydrogen-bond acceptors (Lipinski definition) is 2. The van der Waals surface area contributed by atoms with Crippen LogP contribution in [0.25, 0.3) is 88.0 Å². The number of rotatable bonds is 7. The van der Waals surface area contributed by atoms with Crippen LogP contribution >= 0.6 is 0 Å². The van der Waals surface area contributed by atoms with E-state index in [-0.39, 0.29) is 0 Å². The van der Waals surface area contributed by atoms with E-state index in [1.165, 1.54) is 49.4 Å². The summed E-state index contributed by atoms with van der Waals surface area (Å²) in [5.74, 6) is 0. The van der Waals surface area contributed by atoms with E-state index in [9.17, 15) is 0 Å². The predicted molar refractivity (Wildman–Crippen MR) is 245 cm³/mol. The van der Waals surface area contributed by atoms with Gasteiger partial charge in [0.05, 0.1) is 5.69 Å². The zero-order valence-corrected chi connectivity index (χ0v) is 31.7. The van der Waals surface area contributed by atoms with Crippen molar-refractivity contribution in [2.75, 3.05) is 4.90 Å². The van der Waals surface area contributed by atoms with Crippen molar-refractivity contribution < 1.29 is 4.42 Å². The lowest BCUT2D eigenvalue weighted by atomic mass is 9.90. The lowest BCUT2D eigenvalue weighted by Crippen LogP contribution is -2.11. The first-order valence-electron chi connectivity index (χ1n) is 19.8. The van der Waals surface area contributed by atoms with Crippen molar-refractivity contribution in [2.45, 2.75) is 0 Å². The zero-order valence-electron chi connectivity index (χ0n) is 31.7. The van der Waals surface area contributed by atoms with Crippen molar-refractivity contribution >= 4 is 60.5 Å². The van der Waals surface area contributed by atoms with Crippen molar-refractivity contribution in [1.82, 2.24) is 0 Å². The molecular formula is C56H37NO. The summed E-state index contributed by atoms with van der Waals surface area (Å²) in [6.45, 7) is 0. The van der Waals surface area contributed by atoms with Gasteiger partial charge in [0.25, 0.3) is 0 Å². The fraction of sp³-hybridized carbons (Fsp3) is 0. The van der Waals surface area contributed by atoms with Gasteiger partial charge in [-0.25, -0.2) is 0 Å². The van der Waals surface area contributed by atoms with Gasteiger partial charge >= 0.3 is 0 Å². The minimum absolute atomic E-state index is 0.896. The Kier molecular flexibility index (Phi) is 8.19. The first-order chi connectivity index (χ1) is 28.8. The molecule has 11 rings (SSSR count). The van der Waals surface area contributed by atoms with E-state index in [0.29, 0.717) is 0 Å². The Balaban J connectivity index is 1.12. The topological polar surface area (TPSA) is 16.4 Å². The molecule has 0 saturated heterocycles. The average molecular weight is 740 g/mol. The lowest BCUT2D eigenvalue weighted by Gasteiger charge is -2.29. The molecule has 0 fully saturated rings. The number of fused-ring (bicyclic) bond motifs is 5. The van der Waals surface area contributed by atoms with Crippen molar-refractivity contribution in [2.24, 2.45) is 0 Å². The van der Waals surface area contributed by atoms with Crippen LogP contribution in [-0.4, -0.2) is 0 Å². The molecule has 58 heavy (non-hydrogen) atoms. The highest BCUT2D eigenvalue weighted by molar-refractivity contribution is 6.11. The van der Waals surface area contributed by atoms with Gasteiger partial charge in [-0.1, -0.05) is 188 Å². The summed E-state index contributed by atoms with van der Waals surface area (Å²) in [5, 5.41) is 7.18. The highest BCUT2D eigenvalue weighted by Gasteiger charge is 2.21. The summed E-state index contributed by atoms with van der Waals surface area (Å²) in [4.78, 5) is 2.41. The van der Waals surface area contributed by atoms with E-state index in [0.717, 1.165) is 55.7 Å². The Morgan fingerprint density at radius 2 is 0.879 bits per heavy atom. The van der Waals surface area contributed by atoms with Gasteiger partial charge in [0.15, 0.2) is 0 Å². The molecule has 0 saturated carbocycles. The van der Waals surface area contributed by atoms with Crippen LogP contribution in [0.2, 0.25) is 0 Å². The minimum Gasteiger partial charge on any atom is -0.455 e. The highest BCUT2D eigenvalue weighted by Crippen LogP contribution is 2.46. The molecule has 0 spiro atoms. The smallest absolute Gasteiger partial charge is 0.143 e. The Hall–Kier alpha value is -7.68. The molecule has 0 amide bonds. The third kappa shape index (κ3) is 5.74. The van der Waals surface area contributed by atoms with Gasteiger partial charge < -0.3 is 9.32 Å². The first-order valence-corrected chi connectivity index (χ1v) is 19.8. The van der Waals surface area contributed by atoms with Crippen LogP contribution in [0.4, 0.5) is 17.1 Å². The van der Waals surface area contributed by atoms with Gasteiger partial charge in [-0.05, 0) is 91.3 Å². The van der Waals surface area contributed by atoms with Gasteiger partial charge in [-0.2, -0.15) is 0 Å². The van der Waals surface area contributed by atoms with Gasteiger partial charge in [0.1, 0.15) is 11.2 Å². The fourth-order valence-electron chi connectivity index (χ4n) is 8.80. The van der Waals surface area contributed by atoms with Crippen LogP contribution in [0.1, 0.15) is 0 Å². The van der Waals surface area contributed by atoms with Crippen LogP contribution in [-0.2, 0) is 0 Å². The largest absolute Gasteiger partial charge is 0.455 e. The number of anilines is 3. The maximum absolute atomic E-state index is 6.55. The second-order valence-electron chi connectivity index (χ2n) is 14.8. The van der Waals surface area contributed by atoms with Crippen molar-refractivity contribution in [3.63, 3.8) is 0 Å². The molecule has 11 aromatic rings. The third-order valence-corrected chi connectivity index (χ3v) is 11.5. The van der Waals surface area contributed by atoms with Gasteiger partial charge in [0, 0.05) is 33.3 Å². The predicted octanol–water partition coefficient (Wildman–Crippen LogP) is 16.0. The van der Waals surface area contributed by atoms with E-state index in [4.69, 9.17) is 4.42 Å². The SMILES string of the molecule is c1ccc(-c2cccc3cccc(-c4ccccc4N(c4ccc(-c5cccc6ccccc56)cc4)c4cccc(-c5cccc6c5oc5ccccc56)c4)c23)cc1. The van der Waals surface area contributed by atoms with Crippen LogP contribution in [0.15, 0.2) is 229 Å². The molecule has 0 atom stereocenters. The highest BCUT2D eigenvalue weighted by atomic mass is 16.3. The van der Waals surface area contributed by atoms with E-state index < -0.39 is 0 Å². The molecular weight excluding hydrogens is 703 g/mol. The molecule has 0 radical (unpaired) electrons. The van der Waals surface area contributed by atoms with Crippen LogP contribution in [0.3, 0.4) is 0 Å². The number of para-hydroxylation sites is 3. The van der Waals surface area contributed by atoms with E-state index >= 15 is 0 Å². The molecule has 0 unspecified atom stereocenters. The maximum Gasteiger partial charge on any atom is 0.143 e. The quantitative estimate of drug-likeness (QED) is 0.162. The van der Waals surface area contributed by atoms with Crippen LogP contribution in [0.5, 0.6) is 0 Å². The Morgan fingerprint density at radius 3 is 1.74 bits per heavy atom. The van der Waals surface area contributed by atoms with Crippen molar-refractivity contribution in [3.8, 4) is 44.5 Å². The summed E-state index contributed by atoms with van der Waals surface area (Å²) >= 11 is 0. The van der Waals surface area contributed by atoms with Crippen molar-refractivity contribution in [3.05, 3.63) is 224 Å². The van der Waals surface area contributed by atoms with Gasteiger partial charge in [-0.3, -0.25) is 0 Å². The van der Waals surface area contributed by atoms with E-state index in [2.05, 4.69) is 217 Å². The number of hydrogen-bond donors (Lipinski definition) is 0. The molecule has 1 heterocycles. The maximum atomic E-state index is 6.55. The third-order valence-electron chi connectivity index (χ3n) is 11.5. The number of benzene rings is 10. The standard InChI is InChI=1S/C56H37NO/c1-2-15-39(16-3-1)47-27-12-19-41-20-13-29-51(55(41)47)49-24-6-8-31-53(49)57(43-35-33-40(34-36-43)46-26-11-18-38-17-4-5-23-45(38)46)44-22-10-21-42(37-44)48-28-14-30-52-50-25-7-9-32-54(50)58-56(48)52/h1-37H. The minimum atomic E-state index is 0.896. The molecule has 0 N–H and O–H groups in total. The van der Waals surface area contributed by atoms with Crippen LogP contribution < -0.4 is 4.90 Å². The second kappa shape index (κ2) is 14.1. The summed E-state index contributed by atoms with van der Waals surface area (Å²) in [5.41, 5.74) is 14.3. The van der Waals surface area contributed by atoms with Crippen LogP contribution in [0, 0.1) is 0 Å². The molecule has 0 aliphatic carbocycles. The Labute approximate surface area is 337 Å². The lowest BCUT2D eigenvalue weighted by molar-refractivity contribution is 0.670. The molecule has 0 bridgehead atoms. The summed E-state index contributed by atoms with van der Waals surface area (Å²) in [7, 11) is 0. The molecule has 2 nitrogen and oxygen atoms in total. The van der Waals surface area contributed by atoms with Gasteiger partial charge in [0.2, 0.25) is 0 Å². The normalized spacial score (nSPS) is 11.4. The van der Waals surface area contributed by atoms with Gasteiger partial charge in [-0.15, -0.1) is 0 Å².